The minimum atomic E-state index is -0.552. The van der Waals surface area contributed by atoms with Crippen LogP contribution < -0.4 is 20.1 Å². The summed E-state index contributed by atoms with van der Waals surface area (Å²) in [5, 5.41) is 12.9. The molecule has 0 radical (unpaired) electrons. The minimum absolute atomic E-state index is 0.0387. The number of hydrogen-bond donors (Lipinski definition) is 2. The summed E-state index contributed by atoms with van der Waals surface area (Å²) in [5.74, 6) is 2.71. The highest BCUT2D eigenvalue weighted by Gasteiger charge is 2.16. The van der Waals surface area contributed by atoms with E-state index in [0.717, 1.165) is 5.76 Å². The van der Waals surface area contributed by atoms with Gasteiger partial charge < -0.3 is 23.6 Å². The number of furan rings is 1. The number of amides is 2. The van der Waals surface area contributed by atoms with Crippen molar-refractivity contribution in [3.63, 3.8) is 0 Å². The van der Waals surface area contributed by atoms with E-state index in [9.17, 15) is 4.79 Å². The fraction of sp³-hybridized carbons (Fsp3) is 0.235. The second-order valence-electron chi connectivity index (χ2n) is 5.38. The fourth-order valence-electron chi connectivity index (χ4n) is 2.38. The zero-order chi connectivity index (χ0) is 18.7. The minimum Gasteiger partial charge on any atom is -0.497 e. The summed E-state index contributed by atoms with van der Waals surface area (Å²) in [5.41, 5.74) is 1.15. The number of hydrogen-bond acceptors (Lipinski definition) is 7. The number of carbonyl (C=O) groups is 1. The molecule has 3 rings (SSSR count). The fourth-order valence-corrected chi connectivity index (χ4v) is 2.38. The van der Waals surface area contributed by atoms with Gasteiger partial charge in [0.05, 0.1) is 25.5 Å². The number of anilines is 2. The Bertz CT molecular complexity index is 931. The number of aryl methyl sites for hydroxylation is 2. The van der Waals surface area contributed by atoms with Gasteiger partial charge in [-0.2, -0.15) is 0 Å². The summed E-state index contributed by atoms with van der Waals surface area (Å²) >= 11 is 0. The van der Waals surface area contributed by atoms with E-state index in [2.05, 4.69) is 20.8 Å². The van der Waals surface area contributed by atoms with Gasteiger partial charge in [0, 0.05) is 6.07 Å². The van der Waals surface area contributed by atoms with Crippen LogP contribution in [-0.2, 0) is 0 Å². The summed E-state index contributed by atoms with van der Waals surface area (Å²) in [6.07, 6.45) is 0. The smallest absolute Gasteiger partial charge is 0.327 e. The van der Waals surface area contributed by atoms with E-state index < -0.39 is 6.03 Å². The lowest BCUT2D eigenvalue weighted by Gasteiger charge is -2.11. The van der Waals surface area contributed by atoms with Crippen molar-refractivity contribution < 1.29 is 23.1 Å². The molecule has 26 heavy (non-hydrogen) atoms. The molecule has 0 atom stereocenters. The molecule has 0 aliphatic rings. The average molecular weight is 358 g/mol. The second kappa shape index (κ2) is 7.18. The van der Waals surface area contributed by atoms with E-state index >= 15 is 0 Å². The van der Waals surface area contributed by atoms with Crippen molar-refractivity contribution in [2.75, 3.05) is 24.9 Å². The van der Waals surface area contributed by atoms with Gasteiger partial charge in [-0.25, -0.2) is 4.79 Å². The molecular formula is C17H18N4O5. The number of aromatic nitrogens is 2. The highest BCUT2D eigenvalue weighted by Crippen LogP contribution is 2.29. The Kier molecular flexibility index (Phi) is 4.78. The predicted octanol–water partition coefficient (Wildman–Crippen LogP) is 3.61. The van der Waals surface area contributed by atoms with Crippen molar-refractivity contribution in [2.24, 2.45) is 0 Å². The molecule has 2 amide bonds. The van der Waals surface area contributed by atoms with E-state index in [1.54, 1.807) is 38.3 Å². The van der Waals surface area contributed by atoms with Gasteiger partial charge in [0.2, 0.25) is 0 Å². The Morgan fingerprint density at radius 3 is 2.50 bits per heavy atom. The van der Waals surface area contributed by atoms with Crippen LogP contribution in [0.1, 0.15) is 11.5 Å². The molecule has 0 saturated heterocycles. The third kappa shape index (κ3) is 3.61. The standard InChI is InChI=1S/C17H18N4O5/c1-9-7-12(10(2)25-9)15-20-21-17(26-15)19-16(22)18-13-6-5-11(23-3)8-14(13)24-4/h5-8H,1-4H3,(H2,18,19,21,22). The second-order valence-corrected chi connectivity index (χ2v) is 5.38. The van der Waals surface area contributed by atoms with E-state index in [1.165, 1.54) is 7.11 Å². The highest BCUT2D eigenvalue weighted by molar-refractivity contribution is 5.99. The lowest BCUT2D eigenvalue weighted by Crippen LogP contribution is -2.20. The van der Waals surface area contributed by atoms with Crippen LogP contribution in [0.5, 0.6) is 11.5 Å². The molecule has 1 aromatic carbocycles. The molecule has 2 heterocycles. The van der Waals surface area contributed by atoms with Crippen LogP contribution in [-0.4, -0.2) is 30.4 Å². The first-order chi connectivity index (χ1) is 12.5. The van der Waals surface area contributed by atoms with Crippen LogP contribution in [0.4, 0.5) is 16.5 Å². The lowest BCUT2D eigenvalue weighted by atomic mass is 10.2. The molecular weight excluding hydrogens is 340 g/mol. The molecule has 0 bridgehead atoms. The molecule has 2 aromatic heterocycles. The first-order valence-corrected chi connectivity index (χ1v) is 7.71. The van der Waals surface area contributed by atoms with Gasteiger partial charge in [-0.15, -0.1) is 5.10 Å². The third-order valence-electron chi connectivity index (χ3n) is 3.57. The summed E-state index contributed by atoms with van der Waals surface area (Å²) < 4.78 is 21.2. The van der Waals surface area contributed by atoms with Gasteiger partial charge in [0.25, 0.3) is 5.89 Å². The number of methoxy groups -OCH3 is 2. The predicted molar refractivity (Wildman–Crippen MR) is 93.7 cm³/mol. The van der Waals surface area contributed by atoms with Crippen molar-refractivity contribution in [1.82, 2.24) is 10.2 Å². The topological polar surface area (TPSA) is 112 Å². The summed E-state index contributed by atoms with van der Waals surface area (Å²) in [4.78, 5) is 12.2. The summed E-state index contributed by atoms with van der Waals surface area (Å²) in [6, 6.07) is 6.22. The van der Waals surface area contributed by atoms with Gasteiger partial charge in [0.15, 0.2) is 0 Å². The number of ether oxygens (including phenoxy) is 2. The van der Waals surface area contributed by atoms with E-state index in [0.29, 0.717) is 28.5 Å². The molecule has 0 unspecified atom stereocenters. The van der Waals surface area contributed by atoms with Crippen molar-refractivity contribution in [1.29, 1.82) is 0 Å². The van der Waals surface area contributed by atoms with Crippen molar-refractivity contribution in [3.8, 4) is 23.0 Å². The van der Waals surface area contributed by atoms with Crippen LogP contribution in [0, 0.1) is 13.8 Å². The first kappa shape index (κ1) is 17.3. The summed E-state index contributed by atoms with van der Waals surface area (Å²) in [7, 11) is 3.04. The average Bonchev–Trinajstić information content (AvgIpc) is 3.20. The molecule has 9 nitrogen and oxygen atoms in total. The number of carbonyl (C=O) groups excluding carboxylic acids is 1. The lowest BCUT2D eigenvalue weighted by molar-refractivity contribution is 0.261. The largest absolute Gasteiger partial charge is 0.497 e. The normalized spacial score (nSPS) is 10.5. The number of urea groups is 1. The molecule has 0 aliphatic carbocycles. The zero-order valence-corrected chi connectivity index (χ0v) is 14.7. The Balaban J connectivity index is 1.70. The van der Waals surface area contributed by atoms with Crippen LogP contribution in [0.3, 0.4) is 0 Å². The molecule has 3 aromatic rings. The van der Waals surface area contributed by atoms with Crippen molar-refractivity contribution in [2.45, 2.75) is 13.8 Å². The Morgan fingerprint density at radius 1 is 1.04 bits per heavy atom. The van der Waals surface area contributed by atoms with Crippen molar-refractivity contribution in [3.05, 3.63) is 35.8 Å². The Hall–Kier alpha value is -3.49. The molecule has 0 saturated carbocycles. The first-order valence-electron chi connectivity index (χ1n) is 7.71. The number of nitrogens with one attached hydrogen (secondary N) is 2. The quantitative estimate of drug-likeness (QED) is 0.716. The number of benzene rings is 1. The van der Waals surface area contributed by atoms with E-state index in [4.69, 9.17) is 18.3 Å². The molecule has 0 spiro atoms. The molecule has 0 fully saturated rings. The van der Waals surface area contributed by atoms with Gasteiger partial charge in [-0.1, -0.05) is 5.10 Å². The maximum absolute atomic E-state index is 12.2. The van der Waals surface area contributed by atoms with Gasteiger partial charge in [-0.3, -0.25) is 5.32 Å². The highest BCUT2D eigenvalue weighted by atomic mass is 16.5. The Labute approximate surface area is 149 Å². The van der Waals surface area contributed by atoms with Crippen molar-refractivity contribution >= 4 is 17.7 Å². The van der Waals surface area contributed by atoms with Gasteiger partial charge in [0.1, 0.15) is 23.0 Å². The van der Waals surface area contributed by atoms with Gasteiger partial charge in [-0.05, 0) is 32.0 Å². The summed E-state index contributed by atoms with van der Waals surface area (Å²) in [6.45, 7) is 3.62. The molecule has 9 heteroatoms. The van der Waals surface area contributed by atoms with E-state index in [1.807, 2.05) is 6.92 Å². The number of rotatable bonds is 5. The van der Waals surface area contributed by atoms with Crippen LogP contribution >= 0.6 is 0 Å². The molecule has 0 aliphatic heterocycles. The third-order valence-corrected chi connectivity index (χ3v) is 3.57. The monoisotopic (exact) mass is 358 g/mol. The van der Waals surface area contributed by atoms with Crippen LogP contribution in [0.15, 0.2) is 33.1 Å². The maximum Gasteiger partial charge on any atom is 0.327 e. The number of nitrogens with zero attached hydrogens (tertiary/aromatic N) is 2. The van der Waals surface area contributed by atoms with Crippen LogP contribution in [0.25, 0.3) is 11.5 Å². The van der Waals surface area contributed by atoms with Crippen LogP contribution in [0.2, 0.25) is 0 Å². The Morgan fingerprint density at radius 2 is 1.85 bits per heavy atom. The van der Waals surface area contributed by atoms with E-state index in [-0.39, 0.29) is 11.9 Å². The molecule has 2 N–H and O–H groups in total. The zero-order valence-electron chi connectivity index (χ0n) is 14.7. The SMILES string of the molecule is COc1ccc(NC(=O)Nc2nnc(-c3cc(C)oc3C)o2)c(OC)c1. The maximum atomic E-state index is 12.2. The van der Waals surface area contributed by atoms with Gasteiger partial charge >= 0.3 is 12.0 Å². The molecule has 136 valence electrons.